The number of hydrogen-bond donors (Lipinski definition) is 3. The summed E-state index contributed by atoms with van der Waals surface area (Å²) >= 11 is 0. The third kappa shape index (κ3) is 4.70. The van der Waals surface area contributed by atoms with Gasteiger partial charge in [0.1, 0.15) is 57.1 Å². The second kappa shape index (κ2) is 10.8. The molecule has 0 bridgehead atoms. The number of phenolic OH excluding ortho intramolecular Hbond substituents is 3. The van der Waals surface area contributed by atoms with Crippen LogP contribution in [0.4, 0.5) is 0 Å². The minimum atomic E-state index is -1.12. The Labute approximate surface area is 246 Å². The van der Waals surface area contributed by atoms with Crippen LogP contribution in [-0.4, -0.2) is 60.4 Å². The molecular formula is C33H28O10. The lowest BCUT2D eigenvalue weighted by Gasteiger charge is -2.42. The molecule has 0 saturated carbocycles. The maximum atomic E-state index is 14.3. The first-order valence-electron chi connectivity index (χ1n) is 13.4. The summed E-state index contributed by atoms with van der Waals surface area (Å²) in [4.78, 5) is 28.5. The van der Waals surface area contributed by atoms with Gasteiger partial charge in [-0.2, -0.15) is 0 Å². The molecule has 4 atom stereocenters. The van der Waals surface area contributed by atoms with Crippen molar-refractivity contribution in [1.82, 2.24) is 0 Å². The van der Waals surface area contributed by atoms with E-state index in [2.05, 4.69) is 0 Å². The zero-order valence-corrected chi connectivity index (χ0v) is 23.4. The molecule has 2 aliphatic rings. The number of hydrogen-bond acceptors (Lipinski definition) is 10. The number of rotatable bonds is 6. The Morgan fingerprint density at radius 3 is 1.35 bits per heavy atom. The van der Waals surface area contributed by atoms with Crippen molar-refractivity contribution in [1.29, 1.82) is 0 Å². The van der Waals surface area contributed by atoms with Crippen molar-refractivity contribution in [2.75, 3.05) is 21.3 Å². The molecular weight excluding hydrogens is 556 g/mol. The maximum absolute atomic E-state index is 14.3. The smallest absolute Gasteiger partial charge is 0.181 e. The van der Waals surface area contributed by atoms with Gasteiger partial charge in [0.25, 0.3) is 0 Å². The van der Waals surface area contributed by atoms with E-state index in [1.54, 1.807) is 36.4 Å². The molecule has 0 spiro atoms. The van der Waals surface area contributed by atoms with E-state index < -0.39 is 35.6 Å². The number of carbonyl (C=O) groups excluding carboxylic acids is 2. The molecule has 2 aliphatic heterocycles. The molecule has 2 heterocycles. The predicted octanol–water partition coefficient (Wildman–Crippen LogP) is 4.98. The third-order valence-corrected chi connectivity index (χ3v) is 7.87. The average Bonchev–Trinajstić information content (AvgIpc) is 3.00. The van der Waals surface area contributed by atoms with Crippen LogP contribution in [0.15, 0.2) is 72.8 Å². The first-order valence-corrected chi connectivity index (χ1v) is 13.4. The van der Waals surface area contributed by atoms with Crippen molar-refractivity contribution in [2.24, 2.45) is 0 Å². The molecule has 0 aliphatic carbocycles. The van der Waals surface area contributed by atoms with E-state index in [9.17, 15) is 24.9 Å². The van der Waals surface area contributed by atoms with Gasteiger partial charge in [-0.3, -0.25) is 9.59 Å². The second-order valence-electron chi connectivity index (χ2n) is 10.3. The summed E-state index contributed by atoms with van der Waals surface area (Å²) in [6, 6.07) is 18.5. The van der Waals surface area contributed by atoms with Crippen LogP contribution >= 0.6 is 0 Å². The lowest BCUT2D eigenvalue weighted by Crippen LogP contribution is -2.52. The molecule has 0 radical (unpaired) electrons. The SMILES string of the molecule is COc1ccc(C2C(=O)c3c(O)cc(OC)cc3OC2C2Oc3cc(OC)cc(O)c3C(=O)C2c2ccc(O)cc2)cc1. The highest BCUT2D eigenvalue weighted by Crippen LogP contribution is 2.50. The van der Waals surface area contributed by atoms with Gasteiger partial charge in [-0.1, -0.05) is 24.3 Å². The van der Waals surface area contributed by atoms with Gasteiger partial charge in [-0.25, -0.2) is 0 Å². The summed E-state index contributed by atoms with van der Waals surface area (Å²) in [7, 11) is 4.37. The van der Waals surface area contributed by atoms with Crippen molar-refractivity contribution in [3.63, 3.8) is 0 Å². The van der Waals surface area contributed by atoms with Crippen molar-refractivity contribution < 1.29 is 48.6 Å². The summed E-state index contributed by atoms with van der Waals surface area (Å²) in [5, 5.41) is 31.6. The molecule has 4 aromatic rings. The van der Waals surface area contributed by atoms with Crippen molar-refractivity contribution in [3.05, 3.63) is 95.1 Å². The van der Waals surface area contributed by atoms with E-state index in [4.69, 9.17) is 23.7 Å². The van der Waals surface area contributed by atoms with Crippen LogP contribution in [0, 0.1) is 0 Å². The van der Waals surface area contributed by atoms with Crippen molar-refractivity contribution in [3.8, 4) is 46.0 Å². The molecule has 0 aromatic heterocycles. The highest BCUT2D eigenvalue weighted by Gasteiger charge is 2.52. The molecule has 0 amide bonds. The van der Waals surface area contributed by atoms with Crippen LogP contribution in [0.5, 0.6) is 46.0 Å². The number of ether oxygens (including phenoxy) is 5. The van der Waals surface area contributed by atoms with Gasteiger partial charge in [0.05, 0.1) is 33.2 Å². The van der Waals surface area contributed by atoms with Crippen LogP contribution in [0.3, 0.4) is 0 Å². The first-order chi connectivity index (χ1) is 20.7. The van der Waals surface area contributed by atoms with E-state index in [1.165, 1.54) is 57.7 Å². The number of phenols is 3. The predicted molar refractivity (Wildman–Crippen MR) is 153 cm³/mol. The number of ketones is 2. The number of benzene rings is 4. The van der Waals surface area contributed by atoms with E-state index in [0.717, 1.165) is 0 Å². The summed E-state index contributed by atoms with van der Waals surface area (Å²) in [6.07, 6.45) is -2.22. The van der Waals surface area contributed by atoms with E-state index >= 15 is 0 Å². The molecule has 4 unspecified atom stereocenters. The second-order valence-corrected chi connectivity index (χ2v) is 10.3. The fraction of sp³-hybridized carbons (Fsp3) is 0.212. The van der Waals surface area contributed by atoms with Gasteiger partial charge in [-0.15, -0.1) is 0 Å². The zero-order chi connectivity index (χ0) is 30.4. The fourth-order valence-electron chi connectivity index (χ4n) is 5.80. The summed E-state index contributed by atoms with van der Waals surface area (Å²) < 4.78 is 28.9. The molecule has 3 N–H and O–H groups in total. The number of Topliss-reactive ketones (excluding diaryl/α,β-unsaturated/α-hetero) is 2. The summed E-state index contributed by atoms with van der Waals surface area (Å²) in [5.41, 5.74) is 0.938. The monoisotopic (exact) mass is 584 g/mol. The quantitative estimate of drug-likeness (QED) is 0.284. The van der Waals surface area contributed by atoms with E-state index in [1.807, 2.05) is 0 Å². The van der Waals surface area contributed by atoms with Crippen LogP contribution in [-0.2, 0) is 0 Å². The highest BCUT2D eigenvalue weighted by atomic mass is 16.5. The Kier molecular flexibility index (Phi) is 6.97. The Morgan fingerprint density at radius 1 is 0.558 bits per heavy atom. The zero-order valence-electron chi connectivity index (χ0n) is 23.4. The number of carbonyl (C=O) groups is 2. The molecule has 0 saturated heterocycles. The minimum absolute atomic E-state index is 0.00541. The molecule has 10 heteroatoms. The summed E-state index contributed by atoms with van der Waals surface area (Å²) in [6.45, 7) is 0. The lowest BCUT2D eigenvalue weighted by atomic mass is 9.74. The molecule has 4 aromatic carbocycles. The van der Waals surface area contributed by atoms with Crippen molar-refractivity contribution >= 4 is 11.6 Å². The van der Waals surface area contributed by atoms with Crippen molar-refractivity contribution in [2.45, 2.75) is 24.0 Å². The van der Waals surface area contributed by atoms with Gasteiger partial charge in [0.15, 0.2) is 23.8 Å². The Balaban J connectivity index is 1.57. The average molecular weight is 585 g/mol. The topological polar surface area (TPSA) is 141 Å². The molecule has 220 valence electrons. The molecule has 43 heavy (non-hydrogen) atoms. The molecule has 0 fully saturated rings. The van der Waals surface area contributed by atoms with Gasteiger partial charge >= 0.3 is 0 Å². The number of fused-ring (bicyclic) bond motifs is 2. The Bertz CT molecular complexity index is 1710. The standard InChI is InChI=1S/C33H28O10/c1-39-19-10-6-17(7-11-19)27-31(38)29-23(36)13-21(41-3)15-25(29)43-33(27)32-26(16-4-8-18(34)9-5-16)30(37)28-22(35)12-20(40-2)14-24(28)42-32/h4-15,26-27,32-36H,1-3H3. The van der Waals surface area contributed by atoms with Crippen LogP contribution in [0.1, 0.15) is 43.7 Å². The Hall–Kier alpha value is -5.38. The van der Waals surface area contributed by atoms with Crippen LogP contribution in [0.25, 0.3) is 0 Å². The Morgan fingerprint density at radius 2 is 0.953 bits per heavy atom. The van der Waals surface area contributed by atoms with Gasteiger partial charge < -0.3 is 39.0 Å². The largest absolute Gasteiger partial charge is 0.508 e. The minimum Gasteiger partial charge on any atom is -0.508 e. The lowest BCUT2D eigenvalue weighted by molar-refractivity contribution is 0.00727. The van der Waals surface area contributed by atoms with Crippen LogP contribution < -0.4 is 23.7 Å². The van der Waals surface area contributed by atoms with Gasteiger partial charge in [0, 0.05) is 24.3 Å². The first kappa shape index (κ1) is 27.8. The van der Waals surface area contributed by atoms with E-state index in [0.29, 0.717) is 16.9 Å². The highest BCUT2D eigenvalue weighted by molar-refractivity contribution is 6.09. The molecule has 6 rings (SSSR count). The molecule has 10 nitrogen and oxygen atoms in total. The third-order valence-electron chi connectivity index (χ3n) is 7.87. The van der Waals surface area contributed by atoms with Crippen LogP contribution in [0.2, 0.25) is 0 Å². The van der Waals surface area contributed by atoms with Gasteiger partial charge in [-0.05, 0) is 35.4 Å². The fourth-order valence-corrected chi connectivity index (χ4v) is 5.80. The number of methoxy groups -OCH3 is 3. The van der Waals surface area contributed by atoms with Gasteiger partial charge in [0.2, 0.25) is 0 Å². The normalized spacial score (nSPS) is 20.7. The summed E-state index contributed by atoms with van der Waals surface area (Å²) in [5.74, 6) is -2.43. The maximum Gasteiger partial charge on any atom is 0.181 e. The number of aromatic hydroxyl groups is 3. The van der Waals surface area contributed by atoms with E-state index in [-0.39, 0.29) is 51.4 Å².